The van der Waals surface area contributed by atoms with E-state index in [2.05, 4.69) is 9.46 Å². The summed E-state index contributed by atoms with van der Waals surface area (Å²) in [5.74, 6) is -1.38. The van der Waals surface area contributed by atoms with Gasteiger partial charge >= 0.3 is 5.97 Å². The molecular weight excluding hydrogens is 234 g/mol. The van der Waals surface area contributed by atoms with Gasteiger partial charge in [0.15, 0.2) is 0 Å². The summed E-state index contributed by atoms with van der Waals surface area (Å²) in [6, 6.07) is -1.24. The number of aliphatic carboxylic acids is 1. The van der Waals surface area contributed by atoms with Crippen LogP contribution in [0.15, 0.2) is 0 Å². The third-order valence-corrected chi connectivity index (χ3v) is 3.47. The van der Waals surface area contributed by atoms with E-state index in [1.54, 1.807) is 20.8 Å². The molecule has 1 atom stereocenters. The Kier molecular flexibility index (Phi) is 5.37. The number of ether oxygens (including phenoxy) is 1. The topological polar surface area (TPSA) is 92.7 Å². The maximum atomic E-state index is 11.6. The van der Waals surface area contributed by atoms with Crippen LogP contribution in [0.2, 0.25) is 0 Å². The zero-order valence-electron chi connectivity index (χ0n) is 9.98. The lowest BCUT2D eigenvalue weighted by Crippen LogP contribution is -2.46. The van der Waals surface area contributed by atoms with Gasteiger partial charge in [0.2, 0.25) is 10.0 Å². The van der Waals surface area contributed by atoms with Crippen molar-refractivity contribution in [2.24, 2.45) is 5.41 Å². The van der Waals surface area contributed by atoms with E-state index in [9.17, 15) is 13.2 Å². The summed E-state index contributed by atoms with van der Waals surface area (Å²) in [4.78, 5) is 10.7. The van der Waals surface area contributed by atoms with Crippen LogP contribution in [0.5, 0.6) is 0 Å². The highest BCUT2D eigenvalue weighted by atomic mass is 32.2. The Hall–Kier alpha value is -0.660. The Bertz CT molecular complexity index is 330. The summed E-state index contributed by atoms with van der Waals surface area (Å²) in [7, 11) is -2.30. The van der Waals surface area contributed by atoms with E-state index in [1.165, 1.54) is 7.11 Å². The molecule has 0 aliphatic carbocycles. The van der Waals surface area contributed by atoms with E-state index in [0.29, 0.717) is 0 Å². The molecule has 96 valence electrons. The Morgan fingerprint density at radius 1 is 1.44 bits per heavy atom. The van der Waals surface area contributed by atoms with Crippen LogP contribution in [-0.4, -0.2) is 45.0 Å². The largest absolute Gasteiger partial charge is 0.480 e. The summed E-state index contributed by atoms with van der Waals surface area (Å²) < 4.78 is 29.9. The van der Waals surface area contributed by atoms with E-state index >= 15 is 0 Å². The molecule has 16 heavy (non-hydrogen) atoms. The molecule has 0 aliphatic heterocycles. The molecule has 0 radical (unpaired) electrons. The first-order valence-electron chi connectivity index (χ1n) is 4.79. The molecule has 0 spiro atoms. The second-order valence-electron chi connectivity index (χ2n) is 4.78. The second kappa shape index (κ2) is 5.60. The lowest BCUT2D eigenvalue weighted by molar-refractivity contribution is -0.140. The number of nitrogens with one attached hydrogen (secondary N) is 1. The number of carboxylic acid groups (broad SMARTS) is 1. The highest BCUT2D eigenvalue weighted by molar-refractivity contribution is 7.89. The van der Waals surface area contributed by atoms with Crippen LogP contribution in [0.4, 0.5) is 0 Å². The fraction of sp³-hybridized carbons (Fsp3) is 0.889. The van der Waals surface area contributed by atoms with Crippen LogP contribution in [0.3, 0.4) is 0 Å². The van der Waals surface area contributed by atoms with Gasteiger partial charge in [0.25, 0.3) is 0 Å². The highest BCUT2D eigenvalue weighted by Crippen LogP contribution is 2.15. The molecular formula is C9H19NO5S. The van der Waals surface area contributed by atoms with Gasteiger partial charge in [0, 0.05) is 7.11 Å². The molecule has 0 aliphatic rings. The third kappa shape index (κ3) is 6.76. The van der Waals surface area contributed by atoms with Crippen LogP contribution < -0.4 is 4.72 Å². The lowest BCUT2D eigenvalue weighted by Gasteiger charge is -2.20. The van der Waals surface area contributed by atoms with Crippen LogP contribution in [0, 0.1) is 5.41 Å². The first kappa shape index (κ1) is 15.3. The van der Waals surface area contributed by atoms with Crippen molar-refractivity contribution in [2.45, 2.75) is 26.8 Å². The Balaban J connectivity index is 4.61. The first-order valence-corrected chi connectivity index (χ1v) is 6.44. The average molecular weight is 253 g/mol. The summed E-state index contributed by atoms with van der Waals surface area (Å²) in [6.07, 6.45) is 0. The first-order chi connectivity index (χ1) is 7.07. The van der Waals surface area contributed by atoms with Gasteiger partial charge in [-0.1, -0.05) is 20.8 Å². The van der Waals surface area contributed by atoms with Crippen LogP contribution >= 0.6 is 0 Å². The maximum absolute atomic E-state index is 11.6. The van der Waals surface area contributed by atoms with Crippen molar-refractivity contribution >= 4 is 16.0 Å². The molecule has 0 aromatic heterocycles. The molecule has 0 rings (SSSR count). The molecule has 7 heteroatoms. The SMILES string of the molecule is COCC(NS(=O)(=O)CC(C)(C)C)C(=O)O. The monoisotopic (exact) mass is 253 g/mol. The summed E-state index contributed by atoms with van der Waals surface area (Å²) >= 11 is 0. The van der Waals surface area contributed by atoms with E-state index < -0.39 is 27.4 Å². The van der Waals surface area contributed by atoms with Crippen LogP contribution in [0.1, 0.15) is 20.8 Å². The number of carboxylic acids is 1. The second-order valence-corrected chi connectivity index (χ2v) is 6.54. The highest BCUT2D eigenvalue weighted by Gasteiger charge is 2.27. The molecule has 0 aromatic rings. The number of rotatable bonds is 6. The Morgan fingerprint density at radius 3 is 2.25 bits per heavy atom. The zero-order valence-corrected chi connectivity index (χ0v) is 10.8. The molecule has 0 saturated heterocycles. The maximum Gasteiger partial charge on any atom is 0.324 e. The smallest absolute Gasteiger partial charge is 0.324 e. The van der Waals surface area contributed by atoms with E-state index in [0.717, 1.165) is 0 Å². The van der Waals surface area contributed by atoms with Crippen molar-refractivity contribution in [3.05, 3.63) is 0 Å². The fourth-order valence-electron chi connectivity index (χ4n) is 1.15. The van der Waals surface area contributed by atoms with Crippen LogP contribution in [0.25, 0.3) is 0 Å². The van der Waals surface area contributed by atoms with Crippen LogP contribution in [-0.2, 0) is 19.6 Å². The summed E-state index contributed by atoms with van der Waals surface area (Å²) in [5.41, 5.74) is -0.429. The van der Waals surface area contributed by atoms with Crippen molar-refractivity contribution in [1.29, 1.82) is 0 Å². The van der Waals surface area contributed by atoms with Gasteiger partial charge in [0.05, 0.1) is 12.4 Å². The molecule has 6 nitrogen and oxygen atoms in total. The molecule has 0 heterocycles. The number of sulfonamides is 1. The van der Waals surface area contributed by atoms with Crippen molar-refractivity contribution in [1.82, 2.24) is 4.72 Å². The fourth-order valence-corrected chi connectivity index (χ4v) is 2.98. The zero-order chi connectivity index (χ0) is 13.0. The number of hydrogen-bond donors (Lipinski definition) is 2. The predicted octanol–water partition coefficient (Wildman–Crippen LogP) is 0.0515. The minimum Gasteiger partial charge on any atom is -0.480 e. The summed E-state index contributed by atoms with van der Waals surface area (Å²) in [5, 5.41) is 8.76. The minimum absolute atomic E-state index is 0.131. The third-order valence-electron chi connectivity index (χ3n) is 1.58. The Morgan fingerprint density at radius 2 is 1.94 bits per heavy atom. The van der Waals surface area contributed by atoms with Gasteiger partial charge in [0.1, 0.15) is 6.04 Å². The molecule has 0 fully saturated rings. The van der Waals surface area contributed by atoms with Gasteiger partial charge in [-0.05, 0) is 5.41 Å². The number of methoxy groups -OCH3 is 1. The van der Waals surface area contributed by atoms with Crippen molar-refractivity contribution < 1.29 is 23.1 Å². The molecule has 2 N–H and O–H groups in total. The van der Waals surface area contributed by atoms with Crippen molar-refractivity contribution in [3.8, 4) is 0 Å². The lowest BCUT2D eigenvalue weighted by atomic mass is 10.0. The standard InChI is InChI=1S/C9H19NO5S/c1-9(2,3)6-16(13,14)10-7(5-15-4)8(11)12/h7,10H,5-6H2,1-4H3,(H,11,12). The van der Waals surface area contributed by atoms with Gasteiger partial charge < -0.3 is 9.84 Å². The number of carbonyl (C=O) groups is 1. The van der Waals surface area contributed by atoms with Gasteiger partial charge in [-0.15, -0.1) is 0 Å². The molecule has 0 aromatic carbocycles. The normalized spacial score (nSPS) is 14.8. The Labute approximate surface area is 96.0 Å². The van der Waals surface area contributed by atoms with E-state index in [4.69, 9.17) is 5.11 Å². The molecule has 1 unspecified atom stereocenters. The number of hydrogen-bond acceptors (Lipinski definition) is 4. The molecule has 0 bridgehead atoms. The quantitative estimate of drug-likeness (QED) is 0.698. The van der Waals surface area contributed by atoms with Crippen molar-refractivity contribution in [2.75, 3.05) is 19.5 Å². The molecule has 0 saturated carbocycles. The minimum atomic E-state index is -3.62. The van der Waals surface area contributed by atoms with E-state index in [1.807, 2.05) is 0 Å². The van der Waals surface area contributed by atoms with Gasteiger partial charge in [-0.25, -0.2) is 8.42 Å². The van der Waals surface area contributed by atoms with Gasteiger partial charge in [-0.2, -0.15) is 4.72 Å². The molecule has 0 amide bonds. The van der Waals surface area contributed by atoms with Crippen molar-refractivity contribution in [3.63, 3.8) is 0 Å². The predicted molar refractivity (Wildman–Crippen MR) is 59.7 cm³/mol. The average Bonchev–Trinajstić information content (AvgIpc) is 1.97. The van der Waals surface area contributed by atoms with Gasteiger partial charge in [-0.3, -0.25) is 4.79 Å². The summed E-state index contributed by atoms with van der Waals surface area (Å²) in [6.45, 7) is 5.09. The van der Waals surface area contributed by atoms with E-state index in [-0.39, 0.29) is 12.4 Å².